The predicted molar refractivity (Wildman–Crippen MR) is 129 cm³/mol. The van der Waals surface area contributed by atoms with Gasteiger partial charge in [-0.05, 0) is 74.9 Å². The molecule has 194 valence electrons. The molecule has 0 aliphatic heterocycles. The third-order valence-electron chi connectivity index (χ3n) is 6.81. The largest absolute Gasteiger partial charge is 0.481 e. The summed E-state index contributed by atoms with van der Waals surface area (Å²) in [6.07, 6.45) is 0.487. The minimum atomic E-state index is -0.797. The molecule has 3 aromatic rings. The van der Waals surface area contributed by atoms with Gasteiger partial charge in [-0.3, -0.25) is 9.59 Å². The molecule has 2 fully saturated rings. The van der Waals surface area contributed by atoms with E-state index < -0.39 is 30.0 Å². The Bertz CT molecular complexity index is 1280. The topological polar surface area (TPSA) is 135 Å². The average Bonchev–Trinajstić information content (AvgIpc) is 3.52. The second kappa shape index (κ2) is 10.4. The fourth-order valence-corrected chi connectivity index (χ4v) is 4.48. The Kier molecular flexibility index (Phi) is 7.03. The summed E-state index contributed by atoms with van der Waals surface area (Å²) in [6.45, 7) is 1.97. The van der Waals surface area contributed by atoms with Crippen LogP contribution < -0.4 is 10.1 Å². The average molecular weight is 510 g/mol. The van der Waals surface area contributed by atoms with Crippen LogP contribution in [-0.4, -0.2) is 50.8 Å². The number of rotatable bonds is 9. The smallest absolute Gasteiger partial charge is 0.267 e. The first-order valence-corrected chi connectivity index (χ1v) is 12.4. The molecule has 3 N–H and O–H groups in total. The van der Waals surface area contributed by atoms with Gasteiger partial charge in [-0.2, -0.15) is 4.98 Å². The fourth-order valence-electron chi connectivity index (χ4n) is 4.48. The number of aliphatic hydroxyl groups excluding tert-OH is 2. The van der Waals surface area contributed by atoms with Gasteiger partial charge in [0.1, 0.15) is 11.6 Å². The lowest BCUT2D eigenvalue weighted by Crippen LogP contribution is -2.29. The maximum atomic E-state index is 14.7. The number of hydrogen-bond acceptors (Lipinski definition) is 8. The van der Waals surface area contributed by atoms with Gasteiger partial charge in [0.25, 0.3) is 11.8 Å². The normalized spacial score (nSPS) is 20.5. The molecule has 5 rings (SSSR count). The zero-order valence-corrected chi connectivity index (χ0v) is 20.3. The molecular weight excluding hydrogens is 481 g/mol. The van der Waals surface area contributed by atoms with Gasteiger partial charge in [-0.1, -0.05) is 11.2 Å². The molecule has 2 aliphatic carbocycles. The predicted octanol–water partition coefficient (Wildman–Crippen LogP) is 3.47. The van der Waals surface area contributed by atoms with Crippen molar-refractivity contribution in [2.75, 3.05) is 6.54 Å². The van der Waals surface area contributed by atoms with Crippen LogP contribution in [0.5, 0.6) is 5.75 Å². The monoisotopic (exact) mass is 509 g/mol. The number of aromatic nitrogens is 2. The van der Waals surface area contributed by atoms with Gasteiger partial charge in [0.15, 0.2) is 11.9 Å². The number of halogens is 1. The molecule has 37 heavy (non-hydrogen) atoms. The van der Waals surface area contributed by atoms with Gasteiger partial charge in [-0.15, -0.1) is 0 Å². The van der Waals surface area contributed by atoms with Gasteiger partial charge in [-0.25, -0.2) is 4.39 Å². The number of benzene rings is 2. The zero-order valence-electron chi connectivity index (χ0n) is 20.3. The van der Waals surface area contributed by atoms with Crippen molar-refractivity contribution in [3.63, 3.8) is 0 Å². The van der Waals surface area contributed by atoms with E-state index in [9.17, 15) is 24.2 Å². The summed E-state index contributed by atoms with van der Waals surface area (Å²) in [5, 5.41) is 25.8. The molecule has 2 aliphatic rings. The lowest BCUT2D eigenvalue weighted by atomic mass is 10.1. The Balaban J connectivity index is 1.19. The molecular formula is C27H28FN3O6. The molecule has 0 unspecified atom stereocenters. The van der Waals surface area contributed by atoms with Crippen LogP contribution in [0.3, 0.4) is 0 Å². The van der Waals surface area contributed by atoms with Gasteiger partial charge in [0, 0.05) is 23.6 Å². The van der Waals surface area contributed by atoms with E-state index in [2.05, 4.69) is 15.5 Å². The standard InChI is InChI=1S/C27H28FN3O6/c1-14(36-19-7-4-17(5-8-19)24(34)16-2-3-16)27-30-25(31-37-27)18-6-9-20(21(28)12-18)26(35)29-13-15-10-22(32)23(33)11-15/h4-9,12,14-16,22-23,32-33H,2-3,10-11,13H2,1H3,(H,29,35)/t14-,22-,23-/m1/s1. The van der Waals surface area contributed by atoms with E-state index in [-0.39, 0.29) is 41.4 Å². The Hall–Kier alpha value is -3.63. The van der Waals surface area contributed by atoms with Crippen molar-refractivity contribution < 1.29 is 33.5 Å². The van der Waals surface area contributed by atoms with E-state index in [1.807, 2.05) is 0 Å². The quantitative estimate of drug-likeness (QED) is 0.373. The second-order valence-electron chi connectivity index (χ2n) is 9.76. The van der Waals surface area contributed by atoms with E-state index >= 15 is 0 Å². The molecule has 3 atom stereocenters. The molecule has 0 saturated heterocycles. The number of carbonyl (C=O) groups is 2. The first-order valence-electron chi connectivity index (χ1n) is 12.4. The second-order valence-corrected chi connectivity index (χ2v) is 9.76. The van der Waals surface area contributed by atoms with Crippen LogP contribution in [0.2, 0.25) is 0 Å². The molecule has 0 radical (unpaired) electrons. The molecule has 0 spiro atoms. The summed E-state index contributed by atoms with van der Waals surface area (Å²) in [7, 11) is 0. The number of nitrogens with zero attached hydrogens (tertiary/aromatic N) is 2. The molecule has 1 aromatic heterocycles. The lowest BCUT2D eigenvalue weighted by Gasteiger charge is -2.11. The highest BCUT2D eigenvalue weighted by molar-refractivity contribution is 5.99. The van der Waals surface area contributed by atoms with E-state index in [0.29, 0.717) is 29.7 Å². The zero-order chi connectivity index (χ0) is 26.1. The number of carbonyl (C=O) groups excluding carboxylic acids is 2. The van der Waals surface area contributed by atoms with E-state index in [1.54, 1.807) is 31.2 Å². The first kappa shape index (κ1) is 25.0. The first-order chi connectivity index (χ1) is 17.8. The Morgan fingerprint density at radius 1 is 1.14 bits per heavy atom. The molecule has 10 heteroatoms. The Labute approximate surface area is 212 Å². The van der Waals surface area contributed by atoms with Gasteiger partial charge >= 0.3 is 0 Å². The van der Waals surface area contributed by atoms with Crippen LogP contribution in [0.15, 0.2) is 47.0 Å². The van der Waals surface area contributed by atoms with Crippen LogP contribution >= 0.6 is 0 Å². The number of hydrogen-bond donors (Lipinski definition) is 3. The van der Waals surface area contributed by atoms with Crippen LogP contribution in [0, 0.1) is 17.7 Å². The molecule has 2 saturated carbocycles. The fraction of sp³-hybridized carbons (Fsp3) is 0.407. The Morgan fingerprint density at radius 2 is 1.84 bits per heavy atom. The minimum Gasteiger partial charge on any atom is -0.481 e. The summed E-state index contributed by atoms with van der Waals surface area (Å²) in [5.41, 5.74) is 0.867. The van der Waals surface area contributed by atoms with Gasteiger partial charge < -0.3 is 24.8 Å². The maximum Gasteiger partial charge on any atom is 0.267 e. The van der Waals surface area contributed by atoms with E-state index in [4.69, 9.17) is 9.26 Å². The van der Waals surface area contributed by atoms with Crippen LogP contribution in [-0.2, 0) is 0 Å². The van der Waals surface area contributed by atoms with Crippen LogP contribution in [0.1, 0.15) is 65.3 Å². The minimum absolute atomic E-state index is 0.0681. The summed E-state index contributed by atoms with van der Waals surface area (Å²) in [5.74, 6) is -0.197. The number of amides is 1. The number of ether oxygens (including phenoxy) is 1. The summed E-state index contributed by atoms with van der Waals surface area (Å²) < 4.78 is 25.9. The van der Waals surface area contributed by atoms with E-state index in [1.165, 1.54) is 12.1 Å². The van der Waals surface area contributed by atoms with Crippen molar-refractivity contribution in [2.24, 2.45) is 11.8 Å². The Morgan fingerprint density at radius 3 is 2.49 bits per heavy atom. The number of Topliss-reactive ketones (excluding diaryl/α,β-unsaturated/α-hetero) is 1. The molecule has 2 aromatic carbocycles. The highest BCUT2D eigenvalue weighted by Crippen LogP contribution is 2.33. The third kappa shape index (κ3) is 5.70. The summed E-state index contributed by atoms with van der Waals surface area (Å²) in [4.78, 5) is 28.9. The van der Waals surface area contributed by atoms with Crippen molar-refractivity contribution >= 4 is 11.7 Å². The highest BCUT2D eigenvalue weighted by atomic mass is 19.1. The third-order valence-corrected chi connectivity index (χ3v) is 6.81. The van der Waals surface area contributed by atoms with Gasteiger partial charge in [0.05, 0.1) is 17.8 Å². The van der Waals surface area contributed by atoms with Crippen molar-refractivity contribution in [3.8, 4) is 17.1 Å². The van der Waals surface area contributed by atoms with Crippen LogP contribution in [0.25, 0.3) is 11.4 Å². The van der Waals surface area contributed by atoms with Crippen molar-refractivity contribution in [1.82, 2.24) is 15.5 Å². The molecule has 1 heterocycles. The van der Waals surface area contributed by atoms with E-state index in [0.717, 1.165) is 18.9 Å². The van der Waals surface area contributed by atoms with Crippen molar-refractivity contribution in [3.05, 3.63) is 65.3 Å². The van der Waals surface area contributed by atoms with Gasteiger partial charge in [0.2, 0.25) is 5.82 Å². The molecule has 1 amide bonds. The highest BCUT2D eigenvalue weighted by Gasteiger charge is 2.32. The maximum absolute atomic E-state index is 14.7. The molecule has 0 bridgehead atoms. The number of ketones is 1. The summed E-state index contributed by atoms with van der Waals surface area (Å²) >= 11 is 0. The van der Waals surface area contributed by atoms with Crippen LogP contribution in [0.4, 0.5) is 4.39 Å². The van der Waals surface area contributed by atoms with Crippen molar-refractivity contribution in [2.45, 2.75) is 50.9 Å². The number of nitrogens with one attached hydrogen (secondary N) is 1. The lowest BCUT2D eigenvalue weighted by molar-refractivity contribution is 0.0438. The number of aliphatic hydroxyl groups is 2. The van der Waals surface area contributed by atoms with Crippen molar-refractivity contribution in [1.29, 1.82) is 0 Å². The summed E-state index contributed by atoms with van der Waals surface area (Å²) in [6, 6.07) is 11.0. The molecule has 9 nitrogen and oxygen atoms in total. The SMILES string of the molecule is C[C@@H](Oc1ccc(C(=O)C2CC2)cc1)c1nc(-c2ccc(C(=O)NCC3C[C@@H](O)[C@H](O)C3)c(F)c2)no1.